The Morgan fingerprint density at radius 3 is 2.48 bits per heavy atom. The van der Waals surface area contributed by atoms with Gasteiger partial charge in [-0.3, -0.25) is 4.79 Å². The minimum absolute atomic E-state index is 0.0380. The van der Waals surface area contributed by atoms with Crippen molar-refractivity contribution in [1.29, 1.82) is 0 Å². The Labute approximate surface area is 148 Å². The lowest BCUT2D eigenvalue weighted by molar-refractivity contribution is 0.102. The van der Waals surface area contributed by atoms with Crippen LogP contribution in [0.15, 0.2) is 82.4 Å². The van der Waals surface area contributed by atoms with Crippen LogP contribution in [0.4, 0.5) is 0 Å². The lowest BCUT2D eigenvalue weighted by Gasteiger charge is -1.99. The molecule has 25 heavy (non-hydrogen) atoms. The molecular weight excluding hydrogens is 332 g/mol. The molecule has 0 spiro atoms. The molecule has 0 radical (unpaired) electrons. The van der Waals surface area contributed by atoms with Gasteiger partial charge in [-0.2, -0.15) is 0 Å². The van der Waals surface area contributed by atoms with E-state index in [-0.39, 0.29) is 11.5 Å². The summed E-state index contributed by atoms with van der Waals surface area (Å²) in [6.45, 7) is 0. The van der Waals surface area contributed by atoms with Crippen LogP contribution < -0.4 is 0 Å². The Morgan fingerprint density at radius 1 is 0.880 bits per heavy atom. The van der Waals surface area contributed by atoms with Crippen molar-refractivity contribution in [2.24, 2.45) is 0 Å². The third-order valence-electron chi connectivity index (χ3n) is 3.83. The molecule has 1 aromatic heterocycles. The molecule has 0 aliphatic carbocycles. The predicted octanol–water partition coefficient (Wildman–Crippen LogP) is 4.86. The zero-order valence-corrected chi connectivity index (χ0v) is 14.1. The van der Waals surface area contributed by atoms with Crippen molar-refractivity contribution in [3.8, 4) is 11.5 Å². The van der Waals surface area contributed by atoms with Crippen LogP contribution in [0.25, 0.3) is 22.2 Å². The van der Waals surface area contributed by atoms with Crippen molar-refractivity contribution in [2.45, 2.75) is 5.22 Å². The van der Waals surface area contributed by atoms with E-state index >= 15 is 0 Å². The third-order valence-corrected chi connectivity index (χ3v) is 4.64. The highest BCUT2D eigenvalue weighted by Crippen LogP contribution is 2.26. The van der Waals surface area contributed by atoms with Crippen molar-refractivity contribution < 1.29 is 9.21 Å². The fourth-order valence-electron chi connectivity index (χ4n) is 2.54. The molecule has 4 rings (SSSR count). The maximum atomic E-state index is 12.1. The standard InChI is InChI=1S/C20H14N2O2S/c23-18(15-7-2-1-3-8-15)13-25-20-22-21-19(24-20)17-11-10-14-6-4-5-9-16(14)12-17/h1-12H,13H2. The number of hydrogen-bond acceptors (Lipinski definition) is 5. The van der Waals surface area contributed by atoms with E-state index in [2.05, 4.69) is 16.3 Å². The van der Waals surface area contributed by atoms with Crippen LogP contribution in [0.2, 0.25) is 0 Å². The molecule has 0 saturated carbocycles. The van der Waals surface area contributed by atoms with Gasteiger partial charge in [0.2, 0.25) is 5.89 Å². The summed E-state index contributed by atoms with van der Waals surface area (Å²) in [5.41, 5.74) is 1.55. The highest BCUT2D eigenvalue weighted by molar-refractivity contribution is 7.99. The minimum Gasteiger partial charge on any atom is -0.411 e. The van der Waals surface area contributed by atoms with Gasteiger partial charge in [-0.1, -0.05) is 72.4 Å². The average molecular weight is 346 g/mol. The lowest BCUT2D eigenvalue weighted by Crippen LogP contribution is -2.01. The maximum absolute atomic E-state index is 12.1. The number of thioether (sulfide) groups is 1. The molecule has 0 saturated heterocycles. The number of nitrogens with zero attached hydrogens (tertiary/aromatic N) is 2. The van der Waals surface area contributed by atoms with Crippen LogP contribution in [-0.4, -0.2) is 21.7 Å². The van der Waals surface area contributed by atoms with E-state index < -0.39 is 0 Å². The fraction of sp³-hybridized carbons (Fsp3) is 0.0500. The Morgan fingerprint density at radius 2 is 1.64 bits per heavy atom. The average Bonchev–Trinajstić information content (AvgIpc) is 3.15. The molecule has 5 heteroatoms. The Kier molecular flexibility index (Phi) is 4.31. The van der Waals surface area contributed by atoms with Crippen molar-refractivity contribution in [3.05, 3.63) is 78.4 Å². The summed E-state index contributed by atoms with van der Waals surface area (Å²) < 4.78 is 5.69. The number of carbonyl (C=O) groups is 1. The quantitative estimate of drug-likeness (QED) is 0.381. The van der Waals surface area contributed by atoms with Gasteiger partial charge in [-0.15, -0.1) is 10.2 Å². The number of rotatable bonds is 5. The minimum atomic E-state index is 0.0380. The number of fused-ring (bicyclic) bond motifs is 1. The smallest absolute Gasteiger partial charge is 0.277 e. The van der Waals surface area contributed by atoms with Crippen LogP contribution in [0.1, 0.15) is 10.4 Å². The normalized spacial score (nSPS) is 10.9. The lowest BCUT2D eigenvalue weighted by atomic mass is 10.1. The van der Waals surface area contributed by atoms with E-state index in [1.54, 1.807) is 12.1 Å². The Bertz CT molecular complexity index is 1030. The van der Waals surface area contributed by atoms with E-state index in [4.69, 9.17) is 4.42 Å². The van der Waals surface area contributed by atoms with Crippen molar-refractivity contribution in [1.82, 2.24) is 10.2 Å². The van der Waals surface area contributed by atoms with E-state index in [0.717, 1.165) is 16.3 Å². The summed E-state index contributed by atoms with van der Waals surface area (Å²) in [4.78, 5) is 12.1. The molecule has 0 aliphatic heterocycles. The largest absolute Gasteiger partial charge is 0.411 e. The number of aromatic nitrogens is 2. The zero-order chi connectivity index (χ0) is 17.1. The van der Waals surface area contributed by atoms with Crippen LogP contribution in [0.5, 0.6) is 0 Å². The first kappa shape index (κ1) is 15.6. The summed E-state index contributed by atoms with van der Waals surface area (Å²) in [6, 6.07) is 23.3. The summed E-state index contributed by atoms with van der Waals surface area (Å²) in [7, 11) is 0. The van der Waals surface area contributed by atoms with Gasteiger partial charge in [-0.25, -0.2) is 0 Å². The van der Waals surface area contributed by atoms with Gasteiger partial charge in [0, 0.05) is 11.1 Å². The molecule has 0 N–H and O–H groups in total. The molecule has 0 amide bonds. The van der Waals surface area contributed by atoms with E-state index in [9.17, 15) is 4.79 Å². The van der Waals surface area contributed by atoms with E-state index in [1.807, 2.05) is 54.6 Å². The predicted molar refractivity (Wildman–Crippen MR) is 98.7 cm³/mol. The molecule has 4 nitrogen and oxygen atoms in total. The number of hydrogen-bond donors (Lipinski definition) is 0. The van der Waals surface area contributed by atoms with Gasteiger partial charge < -0.3 is 4.42 Å². The van der Waals surface area contributed by atoms with Crippen LogP contribution in [0.3, 0.4) is 0 Å². The molecule has 0 unspecified atom stereocenters. The van der Waals surface area contributed by atoms with Crippen LogP contribution >= 0.6 is 11.8 Å². The molecular formula is C20H14N2O2S. The Hall–Kier alpha value is -2.92. The fourth-order valence-corrected chi connectivity index (χ4v) is 3.20. The first-order valence-electron chi connectivity index (χ1n) is 7.83. The second kappa shape index (κ2) is 6.91. The van der Waals surface area contributed by atoms with Crippen molar-refractivity contribution in [3.63, 3.8) is 0 Å². The summed E-state index contributed by atoms with van der Waals surface area (Å²) >= 11 is 1.25. The maximum Gasteiger partial charge on any atom is 0.277 e. The molecule has 0 aliphatic rings. The summed E-state index contributed by atoms with van der Waals surface area (Å²) in [5, 5.41) is 10.8. The van der Waals surface area contributed by atoms with Crippen LogP contribution in [-0.2, 0) is 0 Å². The van der Waals surface area contributed by atoms with Crippen molar-refractivity contribution >= 4 is 28.3 Å². The first-order valence-corrected chi connectivity index (χ1v) is 8.82. The highest BCUT2D eigenvalue weighted by atomic mass is 32.2. The number of Topliss-reactive ketones (excluding diaryl/α,β-unsaturated/α-hetero) is 1. The van der Waals surface area contributed by atoms with Gasteiger partial charge in [0.05, 0.1) is 5.75 Å². The molecule has 4 aromatic rings. The Balaban J connectivity index is 1.49. The van der Waals surface area contributed by atoms with Gasteiger partial charge in [-0.05, 0) is 22.9 Å². The van der Waals surface area contributed by atoms with Gasteiger partial charge in [0.1, 0.15) is 0 Å². The molecule has 0 bridgehead atoms. The third kappa shape index (κ3) is 3.46. The van der Waals surface area contributed by atoms with E-state index in [0.29, 0.717) is 16.7 Å². The highest BCUT2D eigenvalue weighted by Gasteiger charge is 2.12. The van der Waals surface area contributed by atoms with Gasteiger partial charge >= 0.3 is 0 Å². The van der Waals surface area contributed by atoms with Crippen LogP contribution in [0, 0.1) is 0 Å². The second-order valence-electron chi connectivity index (χ2n) is 5.51. The number of benzene rings is 3. The molecule has 0 fully saturated rings. The SMILES string of the molecule is O=C(CSc1nnc(-c2ccc3ccccc3c2)o1)c1ccccc1. The summed E-state index contributed by atoms with van der Waals surface area (Å²) in [5.74, 6) is 0.764. The second-order valence-corrected chi connectivity index (χ2v) is 6.44. The monoisotopic (exact) mass is 346 g/mol. The number of ketones is 1. The van der Waals surface area contributed by atoms with Gasteiger partial charge in [0.15, 0.2) is 5.78 Å². The number of carbonyl (C=O) groups excluding carboxylic acids is 1. The molecule has 1 heterocycles. The van der Waals surface area contributed by atoms with E-state index in [1.165, 1.54) is 11.8 Å². The molecule has 0 atom stereocenters. The topological polar surface area (TPSA) is 56.0 Å². The molecule has 3 aromatic carbocycles. The van der Waals surface area contributed by atoms with Crippen molar-refractivity contribution in [2.75, 3.05) is 5.75 Å². The molecule has 122 valence electrons. The summed E-state index contributed by atoms with van der Waals surface area (Å²) in [6.07, 6.45) is 0. The van der Waals surface area contributed by atoms with Gasteiger partial charge in [0.25, 0.3) is 5.22 Å². The zero-order valence-electron chi connectivity index (χ0n) is 13.3. The first-order chi connectivity index (χ1) is 12.3.